The molecule has 2 aliphatic rings. The van der Waals surface area contributed by atoms with Crippen LogP contribution >= 0.6 is 0 Å². The van der Waals surface area contributed by atoms with Gasteiger partial charge in [0.1, 0.15) is 0 Å². The van der Waals surface area contributed by atoms with Crippen LogP contribution in [0.4, 0.5) is 5.69 Å². The molecule has 1 aliphatic carbocycles. The summed E-state index contributed by atoms with van der Waals surface area (Å²) in [5.41, 5.74) is 3.26. The number of carbonyl (C=O) groups is 2. The van der Waals surface area contributed by atoms with Crippen molar-refractivity contribution in [1.82, 2.24) is 4.90 Å². The summed E-state index contributed by atoms with van der Waals surface area (Å²) in [6.07, 6.45) is 6.68. The highest BCUT2D eigenvalue weighted by Crippen LogP contribution is 2.33. The van der Waals surface area contributed by atoms with E-state index in [-0.39, 0.29) is 11.5 Å². The van der Waals surface area contributed by atoms with Gasteiger partial charge in [-0.25, -0.2) is 4.79 Å². The molecule has 1 heterocycles. The van der Waals surface area contributed by atoms with E-state index in [4.69, 9.17) is 5.11 Å². The smallest absolute Gasteiger partial charge is 0.335 e. The first kappa shape index (κ1) is 19.5. The maximum Gasteiger partial charge on any atom is 0.335 e. The Morgan fingerprint density at radius 3 is 2.14 bits per heavy atom. The van der Waals surface area contributed by atoms with Gasteiger partial charge in [-0.2, -0.15) is 0 Å². The van der Waals surface area contributed by atoms with Crippen molar-refractivity contribution in [2.75, 3.05) is 31.1 Å². The van der Waals surface area contributed by atoms with Gasteiger partial charge in [0.25, 0.3) is 5.91 Å². The molecule has 0 aromatic heterocycles. The molecule has 4 rings (SSSR count). The Hall–Kier alpha value is -2.82. The second-order valence-corrected chi connectivity index (χ2v) is 8.09. The van der Waals surface area contributed by atoms with E-state index in [1.54, 1.807) is 12.1 Å². The lowest BCUT2D eigenvalue weighted by Gasteiger charge is -2.36. The van der Waals surface area contributed by atoms with E-state index in [0.717, 1.165) is 13.1 Å². The Morgan fingerprint density at radius 2 is 1.48 bits per heavy atom. The molecule has 5 nitrogen and oxygen atoms in total. The highest BCUT2D eigenvalue weighted by atomic mass is 16.4. The zero-order valence-corrected chi connectivity index (χ0v) is 16.7. The van der Waals surface area contributed by atoms with Gasteiger partial charge in [-0.3, -0.25) is 4.79 Å². The molecular weight excluding hydrogens is 364 g/mol. The van der Waals surface area contributed by atoms with Gasteiger partial charge >= 0.3 is 5.97 Å². The van der Waals surface area contributed by atoms with E-state index in [2.05, 4.69) is 29.2 Å². The number of carboxylic acid groups (broad SMARTS) is 1. The van der Waals surface area contributed by atoms with Crippen LogP contribution < -0.4 is 4.90 Å². The molecule has 2 aromatic rings. The van der Waals surface area contributed by atoms with Crippen LogP contribution in [0.5, 0.6) is 0 Å². The van der Waals surface area contributed by atoms with Crippen LogP contribution in [0.25, 0.3) is 0 Å². The number of benzene rings is 2. The first-order valence-corrected chi connectivity index (χ1v) is 10.6. The van der Waals surface area contributed by atoms with Gasteiger partial charge in [-0.15, -0.1) is 0 Å². The zero-order chi connectivity index (χ0) is 20.2. The molecule has 5 heteroatoms. The average molecular weight is 392 g/mol. The molecule has 0 unspecified atom stereocenters. The third-order valence-corrected chi connectivity index (χ3v) is 6.26. The topological polar surface area (TPSA) is 60.9 Å². The first-order chi connectivity index (χ1) is 14.1. The Balaban J connectivity index is 1.36. The molecule has 1 saturated heterocycles. The minimum Gasteiger partial charge on any atom is -0.478 e. The summed E-state index contributed by atoms with van der Waals surface area (Å²) < 4.78 is 0. The Labute approximate surface area is 171 Å². The van der Waals surface area contributed by atoms with Crippen molar-refractivity contribution in [2.24, 2.45) is 0 Å². The fourth-order valence-corrected chi connectivity index (χ4v) is 4.53. The summed E-state index contributed by atoms with van der Waals surface area (Å²) in [7, 11) is 0. The number of hydrogen-bond acceptors (Lipinski definition) is 3. The highest BCUT2D eigenvalue weighted by molar-refractivity contribution is 5.97. The summed E-state index contributed by atoms with van der Waals surface area (Å²) in [6, 6.07) is 15.3. The van der Waals surface area contributed by atoms with Gasteiger partial charge in [-0.1, -0.05) is 37.5 Å². The molecular formula is C24H28N2O3. The van der Waals surface area contributed by atoms with Gasteiger partial charge in [-0.05, 0) is 54.7 Å². The first-order valence-electron chi connectivity index (χ1n) is 10.6. The molecule has 2 fully saturated rings. The van der Waals surface area contributed by atoms with Crippen LogP contribution in [0.1, 0.15) is 64.3 Å². The number of piperazine rings is 1. The van der Waals surface area contributed by atoms with Gasteiger partial charge in [0.15, 0.2) is 0 Å². The largest absolute Gasteiger partial charge is 0.478 e. The number of carbonyl (C=O) groups excluding carboxylic acids is 1. The van der Waals surface area contributed by atoms with Crippen molar-refractivity contribution < 1.29 is 14.7 Å². The van der Waals surface area contributed by atoms with Crippen LogP contribution in [0.15, 0.2) is 48.5 Å². The summed E-state index contributed by atoms with van der Waals surface area (Å²) in [5.74, 6) is -0.393. The Bertz CT molecular complexity index is 864. The van der Waals surface area contributed by atoms with E-state index in [1.807, 2.05) is 4.90 Å². The summed E-state index contributed by atoms with van der Waals surface area (Å²) in [5, 5.41) is 9.13. The molecule has 1 aliphatic heterocycles. The quantitative estimate of drug-likeness (QED) is 0.838. The number of rotatable bonds is 4. The molecule has 29 heavy (non-hydrogen) atoms. The van der Waals surface area contributed by atoms with Crippen molar-refractivity contribution in [3.8, 4) is 0 Å². The van der Waals surface area contributed by atoms with E-state index >= 15 is 0 Å². The molecule has 1 saturated carbocycles. The summed E-state index contributed by atoms with van der Waals surface area (Å²) in [6.45, 7) is 2.85. The lowest BCUT2D eigenvalue weighted by molar-refractivity contribution is 0.0697. The number of carboxylic acids is 1. The van der Waals surface area contributed by atoms with Crippen LogP contribution in [0.3, 0.4) is 0 Å². The van der Waals surface area contributed by atoms with Crippen molar-refractivity contribution >= 4 is 17.6 Å². The zero-order valence-electron chi connectivity index (χ0n) is 16.7. The monoisotopic (exact) mass is 392 g/mol. The lowest BCUT2D eigenvalue weighted by atomic mass is 9.84. The van der Waals surface area contributed by atoms with E-state index in [1.165, 1.54) is 55.5 Å². The fraction of sp³-hybridized carbons (Fsp3) is 0.417. The molecule has 1 amide bonds. The molecule has 0 atom stereocenters. The normalized spacial score (nSPS) is 17.9. The minimum atomic E-state index is -1.01. The molecule has 1 N–H and O–H groups in total. The van der Waals surface area contributed by atoms with E-state index in [9.17, 15) is 9.59 Å². The fourth-order valence-electron chi connectivity index (χ4n) is 4.53. The predicted octanol–water partition coefficient (Wildman–Crippen LogP) is 4.39. The standard InChI is InChI=1S/C24H28N2O3/c27-23(20-7-4-8-21(17-20)24(28)29)26-15-13-25(14-16-26)22-11-9-19(10-12-22)18-5-2-1-3-6-18/h4,7-12,17-18H,1-3,5-6,13-16H2,(H,28,29). The number of hydrogen-bond donors (Lipinski definition) is 1. The third-order valence-electron chi connectivity index (χ3n) is 6.26. The predicted molar refractivity (Wildman–Crippen MR) is 114 cm³/mol. The lowest BCUT2D eigenvalue weighted by Crippen LogP contribution is -2.48. The highest BCUT2D eigenvalue weighted by Gasteiger charge is 2.23. The van der Waals surface area contributed by atoms with Crippen molar-refractivity contribution in [1.29, 1.82) is 0 Å². The van der Waals surface area contributed by atoms with Gasteiger partial charge in [0.05, 0.1) is 5.56 Å². The maximum absolute atomic E-state index is 12.8. The second-order valence-electron chi connectivity index (χ2n) is 8.09. The molecule has 0 spiro atoms. The van der Waals surface area contributed by atoms with Crippen LogP contribution in [0.2, 0.25) is 0 Å². The minimum absolute atomic E-state index is 0.0969. The molecule has 152 valence electrons. The maximum atomic E-state index is 12.8. The molecule has 0 bridgehead atoms. The summed E-state index contributed by atoms with van der Waals surface area (Å²) >= 11 is 0. The average Bonchev–Trinajstić information content (AvgIpc) is 2.79. The van der Waals surface area contributed by atoms with Crippen molar-refractivity contribution in [3.63, 3.8) is 0 Å². The molecule has 2 aromatic carbocycles. The van der Waals surface area contributed by atoms with Gasteiger partial charge < -0.3 is 14.9 Å². The Morgan fingerprint density at radius 1 is 0.828 bits per heavy atom. The van der Waals surface area contributed by atoms with Gasteiger partial charge in [0, 0.05) is 37.4 Å². The molecule has 0 radical (unpaired) electrons. The third kappa shape index (κ3) is 4.44. The number of amides is 1. The van der Waals surface area contributed by atoms with E-state index in [0.29, 0.717) is 24.6 Å². The SMILES string of the molecule is O=C(O)c1cccc(C(=O)N2CCN(c3ccc(C4CCCCC4)cc3)CC2)c1. The van der Waals surface area contributed by atoms with Gasteiger partial charge in [0.2, 0.25) is 0 Å². The van der Waals surface area contributed by atoms with E-state index < -0.39 is 5.97 Å². The number of nitrogens with zero attached hydrogens (tertiary/aromatic N) is 2. The van der Waals surface area contributed by atoms with Crippen LogP contribution in [0, 0.1) is 0 Å². The second kappa shape index (κ2) is 8.68. The number of aromatic carboxylic acids is 1. The Kier molecular flexibility index (Phi) is 5.84. The number of anilines is 1. The van der Waals surface area contributed by atoms with Crippen molar-refractivity contribution in [3.05, 3.63) is 65.2 Å². The van der Waals surface area contributed by atoms with Crippen LogP contribution in [-0.4, -0.2) is 48.1 Å². The van der Waals surface area contributed by atoms with Crippen molar-refractivity contribution in [2.45, 2.75) is 38.0 Å². The van der Waals surface area contributed by atoms with Crippen LogP contribution in [-0.2, 0) is 0 Å². The summed E-state index contributed by atoms with van der Waals surface area (Å²) in [4.78, 5) is 28.0.